The Balaban J connectivity index is 1.73. The predicted molar refractivity (Wildman–Crippen MR) is 124 cm³/mol. The maximum atomic E-state index is 13.5. The molecule has 0 spiro atoms. The molecule has 0 aliphatic carbocycles. The molecule has 1 unspecified atom stereocenters. The van der Waals surface area contributed by atoms with Crippen molar-refractivity contribution < 1.29 is 19.1 Å². The minimum Gasteiger partial charge on any atom is -0.507 e. The second-order valence-corrected chi connectivity index (χ2v) is 8.62. The first kappa shape index (κ1) is 20.2. The number of halogens is 1. The largest absolute Gasteiger partial charge is 0.507 e. The molecular formula is C26H18FNO3S. The van der Waals surface area contributed by atoms with Crippen molar-refractivity contribution in [1.29, 1.82) is 0 Å². The zero-order chi connectivity index (χ0) is 22.4. The van der Waals surface area contributed by atoms with Crippen molar-refractivity contribution in [2.24, 2.45) is 0 Å². The van der Waals surface area contributed by atoms with Gasteiger partial charge in [-0.15, -0.1) is 11.3 Å². The number of thiophene rings is 1. The summed E-state index contributed by atoms with van der Waals surface area (Å²) in [7, 11) is 0. The SMILES string of the molecule is Cc1ccsc1C1/C(=C(/O)c2ccc3ccccc3c2)C(=O)C(=O)N1c1ccc(F)cc1. The number of ketones is 1. The Morgan fingerprint density at radius 2 is 1.69 bits per heavy atom. The number of benzene rings is 3. The molecule has 0 bridgehead atoms. The molecule has 1 fully saturated rings. The third-order valence-electron chi connectivity index (χ3n) is 5.72. The standard InChI is InChI=1S/C26H18FNO3S/c1-15-12-13-32-25(15)22-21(23(29)18-7-6-16-4-2-3-5-17(16)14-18)24(30)26(31)28(22)20-10-8-19(27)9-11-20/h2-14,22,29H,1H3/b23-21-. The number of aliphatic hydroxyl groups excluding tert-OH is 1. The minimum absolute atomic E-state index is 0.0279. The van der Waals surface area contributed by atoms with Crippen LogP contribution in [0.4, 0.5) is 10.1 Å². The maximum absolute atomic E-state index is 13.5. The van der Waals surface area contributed by atoms with E-state index in [1.165, 1.54) is 40.5 Å². The summed E-state index contributed by atoms with van der Waals surface area (Å²) in [6.07, 6.45) is 0. The molecule has 3 aromatic carbocycles. The number of amides is 1. The summed E-state index contributed by atoms with van der Waals surface area (Å²) in [6.45, 7) is 1.90. The summed E-state index contributed by atoms with van der Waals surface area (Å²) in [5.41, 5.74) is 1.78. The van der Waals surface area contributed by atoms with Crippen molar-refractivity contribution in [3.8, 4) is 0 Å². The fraction of sp³-hybridized carbons (Fsp3) is 0.0769. The zero-order valence-corrected chi connectivity index (χ0v) is 17.9. The Morgan fingerprint density at radius 1 is 0.969 bits per heavy atom. The van der Waals surface area contributed by atoms with E-state index in [0.29, 0.717) is 11.3 Å². The number of hydrogen-bond acceptors (Lipinski definition) is 4. The van der Waals surface area contributed by atoms with E-state index in [2.05, 4.69) is 0 Å². The molecule has 1 aromatic heterocycles. The number of fused-ring (bicyclic) bond motifs is 1. The lowest BCUT2D eigenvalue weighted by Gasteiger charge is -2.25. The molecule has 1 amide bonds. The lowest BCUT2D eigenvalue weighted by atomic mass is 9.97. The van der Waals surface area contributed by atoms with Crippen LogP contribution in [0.1, 0.15) is 22.0 Å². The van der Waals surface area contributed by atoms with Crippen LogP contribution >= 0.6 is 11.3 Å². The summed E-state index contributed by atoms with van der Waals surface area (Å²) in [6, 6.07) is 19.6. The average Bonchev–Trinajstić information content (AvgIpc) is 3.34. The molecule has 32 heavy (non-hydrogen) atoms. The number of Topliss-reactive ketones (excluding diaryl/α,β-unsaturated/α-hetero) is 1. The van der Waals surface area contributed by atoms with Crippen LogP contribution in [0.25, 0.3) is 16.5 Å². The third-order valence-corrected chi connectivity index (χ3v) is 6.79. The van der Waals surface area contributed by atoms with Crippen LogP contribution < -0.4 is 4.90 Å². The van der Waals surface area contributed by atoms with Gasteiger partial charge in [0.15, 0.2) is 0 Å². The second kappa shape index (κ2) is 7.73. The highest BCUT2D eigenvalue weighted by Gasteiger charge is 2.47. The summed E-state index contributed by atoms with van der Waals surface area (Å²) in [5, 5.41) is 15.1. The van der Waals surface area contributed by atoms with E-state index >= 15 is 0 Å². The van der Waals surface area contributed by atoms with E-state index in [9.17, 15) is 19.1 Å². The first-order valence-electron chi connectivity index (χ1n) is 10.1. The van der Waals surface area contributed by atoms with Crippen LogP contribution in [0.15, 0.2) is 83.7 Å². The Kier molecular flexibility index (Phi) is 4.87. The van der Waals surface area contributed by atoms with Crippen molar-refractivity contribution in [2.75, 3.05) is 4.90 Å². The van der Waals surface area contributed by atoms with E-state index in [4.69, 9.17) is 0 Å². The minimum atomic E-state index is -0.799. The number of anilines is 1. The molecule has 1 aliphatic heterocycles. The zero-order valence-electron chi connectivity index (χ0n) is 17.1. The van der Waals surface area contributed by atoms with Crippen LogP contribution in [0.2, 0.25) is 0 Å². The number of rotatable bonds is 3. The van der Waals surface area contributed by atoms with Gasteiger partial charge in [0.1, 0.15) is 17.6 Å². The van der Waals surface area contributed by atoms with Crippen molar-refractivity contribution in [1.82, 2.24) is 0 Å². The Hall–Kier alpha value is -3.77. The molecule has 6 heteroatoms. The van der Waals surface area contributed by atoms with Gasteiger partial charge < -0.3 is 5.11 Å². The smallest absolute Gasteiger partial charge is 0.300 e. The van der Waals surface area contributed by atoms with Gasteiger partial charge in [0.2, 0.25) is 0 Å². The number of aliphatic hydroxyl groups is 1. The topological polar surface area (TPSA) is 57.6 Å². The molecule has 4 aromatic rings. The molecule has 0 saturated carbocycles. The van der Waals surface area contributed by atoms with Crippen molar-refractivity contribution in [2.45, 2.75) is 13.0 Å². The summed E-state index contributed by atoms with van der Waals surface area (Å²) >= 11 is 1.41. The number of aryl methyl sites for hydroxylation is 1. The predicted octanol–water partition coefficient (Wildman–Crippen LogP) is 5.98. The van der Waals surface area contributed by atoms with E-state index < -0.39 is 23.5 Å². The van der Waals surface area contributed by atoms with Gasteiger partial charge in [0, 0.05) is 16.1 Å². The fourth-order valence-corrected chi connectivity index (χ4v) is 5.13. The van der Waals surface area contributed by atoms with Gasteiger partial charge in [0.05, 0.1) is 5.57 Å². The molecule has 1 atom stereocenters. The quantitative estimate of drug-likeness (QED) is 0.241. The van der Waals surface area contributed by atoms with Crippen LogP contribution in [0.3, 0.4) is 0 Å². The van der Waals surface area contributed by atoms with Crippen molar-refractivity contribution in [3.63, 3.8) is 0 Å². The molecule has 5 rings (SSSR count). The van der Waals surface area contributed by atoms with Gasteiger partial charge in [0.25, 0.3) is 11.7 Å². The van der Waals surface area contributed by atoms with Crippen LogP contribution in [0.5, 0.6) is 0 Å². The Labute approximate surface area is 187 Å². The normalized spacial score (nSPS) is 17.9. The molecule has 1 aliphatic rings. The lowest BCUT2D eigenvalue weighted by Crippen LogP contribution is -2.29. The summed E-state index contributed by atoms with van der Waals surface area (Å²) < 4.78 is 13.5. The van der Waals surface area contributed by atoms with Gasteiger partial charge in [-0.3, -0.25) is 14.5 Å². The van der Waals surface area contributed by atoms with Crippen molar-refractivity contribution in [3.05, 3.63) is 106 Å². The molecule has 1 saturated heterocycles. The maximum Gasteiger partial charge on any atom is 0.300 e. The van der Waals surface area contributed by atoms with Crippen molar-refractivity contribution >= 4 is 45.2 Å². The number of carbonyl (C=O) groups excluding carboxylic acids is 2. The van der Waals surface area contributed by atoms with Crippen LogP contribution in [-0.2, 0) is 9.59 Å². The second-order valence-electron chi connectivity index (χ2n) is 7.68. The molecule has 0 radical (unpaired) electrons. The van der Waals surface area contributed by atoms with Gasteiger partial charge in [-0.2, -0.15) is 0 Å². The van der Waals surface area contributed by atoms with Gasteiger partial charge >= 0.3 is 0 Å². The Bertz CT molecular complexity index is 1400. The number of nitrogens with zero attached hydrogens (tertiary/aromatic N) is 1. The Morgan fingerprint density at radius 3 is 2.38 bits per heavy atom. The first-order valence-corrected chi connectivity index (χ1v) is 10.9. The third kappa shape index (κ3) is 3.20. The highest BCUT2D eigenvalue weighted by Crippen LogP contribution is 2.44. The molecule has 4 nitrogen and oxygen atoms in total. The van der Waals surface area contributed by atoms with Crippen LogP contribution in [0, 0.1) is 12.7 Å². The van der Waals surface area contributed by atoms with Gasteiger partial charge in [-0.25, -0.2) is 4.39 Å². The molecule has 1 N–H and O–H groups in total. The highest BCUT2D eigenvalue weighted by atomic mass is 32.1. The highest BCUT2D eigenvalue weighted by molar-refractivity contribution is 7.10. The molecular weight excluding hydrogens is 425 g/mol. The van der Waals surface area contributed by atoms with E-state index in [1.807, 2.05) is 48.7 Å². The lowest BCUT2D eigenvalue weighted by molar-refractivity contribution is -0.132. The van der Waals surface area contributed by atoms with Crippen LogP contribution in [-0.4, -0.2) is 16.8 Å². The molecule has 158 valence electrons. The summed E-state index contributed by atoms with van der Waals surface area (Å²) in [4.78, 5) is 28.4. The monoisotopic (exact) mass is 443 g/mol. The number of hydrogen-bond donors (Lipinski definition) is 1. The first-order chi connectivity index (χ1) is 15.5. The van der Waals surface area contributed by atoms with E-state index in [-0.39, 0.29) is 11.3 Å². The molecule has 2 heterocycles. The number of carbonyl (C=O) groups is 2. The van der Waals surface area contributed by atoms with Gasteiger partial charge in [-0.05, 0) is 65.0 Å². The summed E-state index contributed by atoms with van der Waals surface area (Å²) in [5.74, 6) is -2.18. The van der Waals surface area contributed by atoms with E-state index in [0.717, 1.165) is 21.2 Å². The van der Waals surface area contributed by atoms with E-state index in [1.54, 1.807) is 12.1 Å². The fourth-order valence-electron chi connectivity index (χ4n) is 4.11. The van der Waals surface area contributed by atoms with Gasteiger partial charge in [-0.1, -0.05) is 36.4 Å². The average molecular weight is 443 g/mol.